The molecule has 0 aliphatic rings. The Labute approximate surface area is 127 Å². The number of benzene rings is 1. The molecule has 0 aliphatic carbocycles. The van der Waals surface area contributed by atoms with Crippen LogP contribution >= 0.6 is 0 Å². The van der Waals surface area contributed by atoms with Crippen LogP contribution in [0.15, 0.2) is 36.7 Å². The second-order valence-corrected chi connectivity index (χ2v) is 5.21. The summed E-state index contributed by atoms with van der Waals surface area (Å²) in [4.78, 5) is 15.6. The van der Waals surface area contributed by atoms with Gasteiger partial charge in [0.15, 0.2) is 0 Å². The van der Waals surface area contributed by atoms with Crippen LogP contribution in [0.25, 0.3) is 22.0 Å². The number of rotatable bonds is 3. The van der Waals surface area contributed by atoms with Gasteiger partial charge in [-0.25, -0.2) is 4.79 Å². The van der Waals surface area contributed by atoms with Crippen molar-refractivity contribution in [3.8, 4) is 16.9 Å². The second kappa shape index (κ2) is 5.18. The Kier molecular flexibility index (Phi) is 3.33. The molecule has 5 heteroatoms. The number of aromatic nitrogens is 2. The molecule has 0 saturated carbocycles. The van der Waals surface area contributed by atoms with Crippen LogP contribution in [0.1, 0.15) is 16.1 Å². The van der Waals surface area contributed by atoms with Crippen molar-refractivity contribution in [2.75, 3.05) is 7.11 Å². The van der Waals surface area contributed by atoms with Crippen LogP contribution in [0.5, 0.6) is 5.75 Å². The van der Waals surface area contributed by atoms with Crippen LogP contribution in [0.4, 0.5) is 0 Å². The summed E-state index contributed by atoms with van der Waals surface area (Å²) in [5.74, 6) is -0.358. The zero-order valence-electron chi connectivity index (χ0n) is 12.6. The molecule has 0 fully saturated rings. The summed E-state index contributed by atoms with van der Waals surface area (Å²) in [6.45, 7) is 1.84. The largest absolute Gasteiger partial charge is 0.496 e. The predicted molar refractivity (Wildman–Crippen MR) is 84.4 cm³/mol. The molecule has 0 amide bonds. The van der Waals surface area contributed by atoms with E-state index in [9.17, 15) is 9.90 Å². The molecule has 2 aromatic heterocycles. The van der Waals surface area contributed by atoms with Crippen molar-refractivity contribution in [3.05, 3.63) is 47.9 Å². The van der Waals surface area contributed by atoms with Crippen LogP contribution in [0, 0.1) is 6.92 Å². The maximum atomic E-state index is 11.5. The van der Waals surface area contributed by atoms with Gasteiger partial charge in [-0.2, -0.15) is 0 Å². The van der Waals surface area contributed by atoms with Crippen molar-refractivity contribution in [1.29, 1.82) is 0 Å². The van der Waals surface area contributed by atoms with Crippen LogP contribution in [-0.2, 0) is 7.05 Å². The maximum Gasteiger partial charge on any atom is 0.337 e. The zero-order valence-corrected chi connectivity index (χ0v) is 12.6. The summed E-state index contributed by atoms with van der Waals surface area (Å²) in [6, 6.07) is 7.65. The first-order valence-corrected chi connectivity index (χ1v) is 6.84. The van der Waals surface area contributed by atoms with Gasteiger partial charge in [-0.15, -0.1) is 0 Å². The van der Waals surface area contributed by atoms with Crippen LogP contribution < -0.4 is 4.74 Å². The number of hydrogen-bond donors (Lipinski definition) is 1. The normalized spacial score (nSPS) is 10.9. The third kappa shape index (κ3) is 2.20. The number of aryl methyl sites for hydroxylation is 2. The van der Waals surface area contributed by atoms with Gasteiger partial charge in [0.2, 0.25) is 0 Å². The van der Waals surface area contributed by atoms with Gasteiger partial charge < -0.3 is 14.4 Å². The number of nitrogens with zero attached hydrogens (tertiary/aromatic N) is 2. The fraction of sp³-hybridized carbons (Fsp3) is 0.176. The number of aromatic carboxylic acids is 1. The molecule has 3 aromatic rings. The fourth-order valence-electron chi connectivity index (χ4n) is 2.63. The first kappa shape index (κ1) is 14.1. The third-order valence-electron chi connectivity index (χ3n) is 3.77. The molecule has 0 spiro atoms. The van der Waals surface area contributed by atoms with Crippen LogP contribution in [-0.4, -0.2) is 27.7 Å². The first-order valence-electron chi connectivity index (χ1n) is 6.84. The van der Waals surface area contributed by atoms with Gasteiger partial charge in [-0.1, -0.05) is 0 Å². The molecule has 22 heavy (non-hydrogen) atoms. The molecule has 112 valence electrons. The number of carboxylic acids is 1. The van der Waals surface area contributed by atoms with Gasteiger partial charge in [-0.05, 0) is 31.2 Å². The minimum absolute atomic E-state index is 0.164. The van der Waals surface area contributed by atoms with Gasteiger partial charge in [0.25, 0.3) is 0 Å². The molecular formula is C17H16N2O3. The molecule has 0 unspecified atom stereocenters. The number of carbonyl (C=O) groups is 1. The molecular weight excluding hydrogens is 280 g/mol. The van der Waals surface area contributed by atoms with E-state index in [0.29, 0.717) is 11.3 Å². The number of methoxy groups -OCH3 is 1. The van der Waals surface area contributed by atoms with E-state index in [1.165, 1.54) is 6.20 Å². The third-order valence-corrected chi connectivity index (χ3v) is 3.77. The molecule has 0 aliphatic heterocycles. The molecule has 5 nitrogen and oxygen atoms in total. The van der Waals surface area contributed by atoms with E-state index < -0.39 is 5.97 Å². The lowest BCUT2D eigenvalue weighted by atomic mass is 9.98. The molecule has 0 bridgehead atoms. The van der Waals surface area contributed by atoms with Crippen molar-refractivity contribution in [1.82, 2.24) is 9.55 Å². The molecule has 3 rings (SSSR count). The average molecular weight is 296 g/mol. The molecule has 0 saturated heterocycles. The molecule has 0 atom stereocenters. The van der Waals surface area contributed by atoms with Crippen LogP contribution in [0.3, 0.4) is 0 Å². The van der Waals surface area contributed by atoms with Crippen molar-refractivity contribution in [2.24, 2.45) is 7.05 Å². The fourth-order valence-corrected chi connectivity index (χ4v) is 2.63. The number of fused-ring (bicyclic) bond motifs is 1. The summed E-state index contributed by atoms with van der Waals surface area (Å²) in [5, 5.41) is 10.5. The van der Waals surface area contributed by atoms with E-state index in [4.69, 9.17) is 4.74 Å². The smallest absolute Gasteiger partial charge is 0.337 e. The second-order valence-electron chi connectivity index (χ2n) is 5.21. The van der Waals surface area contributed by atoms with Gasteiger partial charge >= 0.3 is 5.97 Å². The predicted octanol–water partition coefficient (Wildman–Crippen LogP) is 3.26. The summed E-state index contributed by atoms with van der Waals surface area (Å²) >= 11 is 0. The van der Waals surface area contributed by atoms with Crippen molar-refractivity contribution in [3.63, 3.8) is 0 Å². The maximum absolute atomic E-state index is 11.5. The molecule has 2 heterocycles. The lowest BCUT2D eigenvalue weighted by molar-refractivity contribution is 0.0697. The molecule has 1 aromatic carbocycles. The van der Waals surface area contributed by atoms with Crippen molar-refractivity contribution < 1.29 is 14.6 Å². The SMILES string of the molecule is COc1cc2ccn(C)c2cc1-c1cc(C)ncc1C(=O)O. The van der Waals surface area contributed by atoms with E-state index in [-0.39, 0.29) is 5.56 Å². The molecule has 1 N–H and O–H groups in total. The Hall–Kier alpha value is -2.82. The number of pyridine rings is 1. The highest BCUT2D eigenvalue weighted by Gasteiger charge is 2.17. The minimum Gasteiger partial charge on any atom is -0.496 e. The Morgan fingerprint density at radius 1 is 1.27 bits per heavy atom. The van der Waals surface area contributed by atoms with Gasteiger partial charge in [-0.3, -0.25) is 4.98 Å². The van der Waals surface area contributed by atoms with E-state index in [1.807, 2.05) is 42.9 Å². The number of hydrogen-bond acceptors (Lipinski definition) is 3. The highest BCUT2D eigenvalue weighted by atomic mass is 16.5. The number of carboxylic acid groups (broad SMARTS) is 1. The topological polar surface area (TPSA) is 64.4 Å². The lowest BCUT2D eigenvalue weighted by Crippen LogP contribution is -2.02. The van der Waals surface area contributed by atoms with Crippen molar-refractivity contribution >= 4 is 16.9 Å². The lowest BCUT2D eigenvalue weighted by Gasteiger charge is -2.13. The zero-order chi connectivity index (χ0) is 15.9. The Morgan fingerprint density at radius 2 is 2.05 bits per heavy atom. The van der Waals surface area contributed by atoms with Gasteiger partial charge in [0.1, 0.15) is 5.75 Å². The Morgan fingerprint density at radius 3 is 2.73 bits per heavy atom. The standard InChI is InChI=1S/C17H16N2O3/c1-10-6-12(14(9-18-10)17(20)21)13-8-15-11(4-5-19(15)2)7-16(13)22-3/h4-9H,1-3H3,(H,20,21). The summed E-state index contributed by atoms with van der Waals surface area (Å²) in [7, 11) is 3.54. The summed E-state index contributed by atoms with van der Waals surface area (Å²) < 4.78 is 7.46. The van der Waals surface area contributed by atoms with Crippen LogP contribution in [0.2, 0.25) is 0 Å². The van der Waals surface area contributed by atoms with Crippen molar-refractivity contribution in [2.45, 2.75) is 6.92 Å². The highest BCUT2D eigenvalue weighted by molar-refractivity contribution is 5.99. The molecule has 0 radical (unpaired) electrons. The van der Waals surface area contributed by atoms with Gasteiger partial charge in [0.05, 0.1) is 12.7 Å². The van der Waals surface area contributed by atoms with E-state index in [2.05, 4.69) is 4.98 Å². The van der Waals surface area contributed by atoms with E-state index in [0.717, 1.165) is 22.2 Å². The first-order chi connectivity index (χ1) is 10.5. The highest BCUT2D eigenvalue weighted by Crippen LogP contribution is 2.36. The van der Waals surface area contributed by atoms with E-state index in [1.54, 1.807) is 13.2 Å². The monoisotopic (exact) mass is 296 g/mol. The quantitative estimate of drug-likeness (QED) is 0.805. The summed E-state index contributed by atoms with van der Waals surface area (Å²) in [5.41, 5.74) is 3.30. The average Bonchev–Trinajstić information content (AvgIpc) is 2.86. The van der Waals surface area contributed by atoms with Gasteiger partial charge in [0, 0.05) is 47.2 Å². The Bertz CT molecular complexity index is 881. The Balaban J connectivity index is 2.35. The van der Waals surface area contributed by atoms with E-state index >= 15 is 0 Å². The minimum atomic E-state index is -1.00. The summed E-state index contributed by atoms with van der Waals surface area (Å²) in [6.07, 6.45) is 3.35. The number of ether oxygens (including phenoxy) is 1.